The quantitative estimate of drug-likeness (QED) is 0.726. The first-order valence-electron chi connectivity index (χ1n) is 3.91. The van der Waals surface area contributed by atoms with Gasteiger partial charge in [0, 0.05) is 12.6 Å². The van der Waals surface area contributed by atoms with Crippen molar-refractivity contribution in [1.29, 1.82) is 0 Å². The van der Waals surface area contributed by atoms with Crippen molar-refractivity contribution in [2.75, 3.05) is 0 Å². The number of hydrogen-bond donors (Lipinski definition) is 0. The number of halogens is 2. The number of ether oxygens (including phenoxy) is 1. The third-order valence-corrected chi connectivity index (χ3v) is 1.62. The van der Waals surface area contributed by atoms with Crippen molar-refractivity contribution < 1.29 is 13.5 Å². The molecular formula is C8H11F2N2O. The van der Waals surface area contributed by atoms with E-state index in [0.29, 0.717) is 5.56 Å². The van der Waals surface area contributed by atoms with Crippen molar-refractivity contribution >= 4 is 0 Å². The van der Waals surface area contributed by atoms with E-state index in [9.17, 15) is 8.78 Å². The first kappa shape index (κ1) is 9.95. The number of nitrogens with zero attached hydrogens (tertiary/aromatic N) is 2. The molecule has 5 heteroatoms. The van der Waals surface area contributed by atoms with E-state index >= 15 is 0 Å². The lowest BCUT2D eigenvalue weighted by molar-refractivity contribution is -0.0560. The molecule has 0 bridgehead atoms. The molecule has 1 heterocycles. The molecule has 1 aromatic rings. The first-order valence-corrected chi connectivity index (χ1v) is 3.91. The summed E-state index contributed by atoms with van der Waals surface area (Å²) < 4.78 is 29.5. The average molecular weight is 189 g/mol. The molecule has 0 aliphatic carbocycles. The van der Waals surface area contributed by atoms with Crippen LogP contribution in [0.15, 0.2) is 0 Å². The molecule has 73 valence electrons. The van der Waals surface area contributed by atoms with Crippen LogP contribution in [0.2, 0.25) is 0 Å². The van der Waals surface area contributed by atoms with E-state index in [1.807, 2.05) is 13.8 Å². The number of hydrogen-bond acceptors (Lipinski definition) is 2. The summed E-state index contributed by atoms with van der Waals surface area (Å²) in [6.07, 6.45) is 2.63. The Kier molecular flexibility index (Phi) is 2.85. The first-order chi connectivity index (χ1) is 6.02. The summed E-state index contributed by atoms with van der Waals surface area (Å²) in [4.78, 5) is 0. The maximum Gasteiger partial charge on any atom is 0.388 e. The van der Waals surface area contributed by atoms with Crippen LogP contribution in [0.3, 0.4) is 0 Å². The largest absolute Gasteiger partial charge is 0.417 e. The molecular weight excluding hydrogens is 178 g/mol. The Balaban J connectivity index is 2.94. The van der Waals surface area contributed by atoms with Gasteiger partial charge in [-0.3, -0.25) is 0 Å². The molecule has 0 spiro atoms. The van der Waals surface area contributed by atoms with Crippen LogP contribution in [0.4, 0.5) is 8.78 Å². The maximum atomic E-state index is 11.9. The van der Waals surface area contributed by atoms with Gasteiger partial charge in [-0.25, -0.2) is 4.68 Å². The summed E-state index contributed by atoms with van der Waals surface area (Å²) in [6.45, 7) is 0.916. The van der Waals surface area contributed by atoms with E-state index < -0.39 is 6.61 Å². The molecule has 1 rings (SSSR count). The van der Waals surface area contributed by atoms with Gasteiger partial charge in [0.05, 0.1) is 0 Å². The Hall–Kier alpha value is -1.13. The van der Waals surface area contributed by atoms with E-state index in [4.69, 9.17) is 0 Å². The van der Waals surface area contributed by atoms with Gasteiger partial charge in [0.15, 0.2) is 0 Å². The van der Waals surface area contributed by atoms with Crippen molar-refractivity contribution in [2.24, 2.45) is 7.05 Å². The van der Waals surface area contributed by atoms with E-state index in [1.165, 1.54) is 4.68 Å². The number of aryl methyl sites for hydroxylation is 1. The monoisotopic (exact) mass is 189 g/mol. The molecule has 0 saturated heterocycles. The second kappa shape index (κ2) is 3.72. The Morgan fingerprint density at radius 1 is 1.46 bits per heavy atom. The Morgan fingerprint density at radius 2 is 2.08 bits per heavy atom. The molecule has 1 radical (unpaired) electrons. The fraction of sp³-hybridized carbons (Fsp3) is 0.625. The molecule has 1 aromatic heterocycles. The lowest BCUT2D eigenvalue weighted by Gasteiger charge is -2.08. The molecule has 0 aliphatic heterocycles. The van der Waals surface area contributed by atoms with E-state index in [0.717, 1.165) is 0 Å². The minimum Gasteiger partial charge on any atom is -0.417 e. The van der Waals surface area contributed by atoms with Crippen molar-refractivity contribution in [1.82, 2.24) is 9.78 Å². The average Bonchev–Trinajstić information content (AvgIpc) is 2.32. The molecule has 0 aliphatic rings. The SMILES string of the molecule is CC(C)c1[c]nn(C)c1OC(F)F. The zero-order valence-corrected chi connectivity index (χ0v) is 7.71. The molecule has 0 aromatic carbocycles. The highest BCUT2D eigenvalue weighted by Gasteiger charge is 2.17. The van der Waals surface area contributed by atoms with Gasteiger partial charge in [-0.1, -0.05) is 13.8 Å². The van der Waals surface area contributed by atoms with Crippen molar-refractivity contribution in [3.8, 4) is 5.88 Å². The minimum absolute atomic E-state index is 0.0717. The summed E-state index contributed by atoms with van der Waals surface area (Å²) in [5.41, 5.74) is 0.572. The Morgan fingerprint density at radius 3 is 2.54 bits per heavy atom. The predicted octanol–water partition coefficient (Wildman–Crippen LogP) is 1.95. The maximum absolute atomic E-state index is 11.9. The van der Waals surface area contributed by atoms with E-state index in [1.54, 1.807) is 7.05 Å². The van der Waals surface area contributed by atoms with Crippen LogP contribution in [0.1, 0.15) is 25.3 Å². The van der Waals surface area contributed by atoms with Crippen molar-refractivity contribution in [3.05, 3.63) is 11.8 Å². The Bertz CT molecular complexity index is 284. The smallest absolute Gasteiger partial charge is 0.388 e. The van der Waals surface area contributed by atoms with Crippen LogP contribution in [0.25, 0.3) is 0 Å². The van der Waals surface area contributed by atoms with Gasteiger partial charge >= 0.3 is 6.61 Å². The zero-order valence-electron chi connectivity index (χ0n) is 7.71. The number of aromatic nitrogens is 2. The molecule has 0 unspecified atom stereocenters. The zero-order chi connectivity index (χ0) is 10.0. The summed E-state index contributed by atoms with van der Waals surface area (Å²) in [6, 6.07) is 0. The lowest BCUT2D eigenvalue weighted by Crippen LogP contribution is -2.08. The highest BCUT2D eigenvalue weighted by atomic mass is 19.3. The molecule has 0 amide bonds. The van der Waals surface area contributed by atoms with Gasteiger partial charge in [-0.2, -0.15) is 13.9 Å². The molecule has 0 atom stereocenters. The Labute approximate surface area is 75.3 Å². The molecule has 0 fully saturated rings. The van der Waals surface area contributed by atoms with Gasteiger partial charge < -0.3 is 4.74 Å². The molecule has 13 heavy (non-hydrogen) atoms. The highest BCUT2D eigenvalue weighted by molar-refractivity contribution is 5.26. The lowest BCUT2D eigenvalue weighted by atomic mass is 10.1. The van der Waals surface area contributed by atoms with Gasteiger partial charge in [-0.05, 0) is 5.92 Å². The summed E-state index contributed by atoms with van der Waals surface area (Å²) in [5.74, 6) is 0.160. The molecule has 3 nitrogen and oxygen atoms in total. The second-order valence-corrected chi connectivity index (χ2v) is 2.99. The van der Waals surface area contributed by atoms with Crippen molar-refractivity contribution in [2.45, 2.75) is 26.4 Å². The minimum atomic E-state index is -2.82. The van der Waals surface area contributed by atoms with Gasteiger partial charge in [-0.15, -0.1) is 0 Å². The van der Waals surface area contributed by atoms with Gasteiger partial charge in [0.1, 0.15) is 6.20 Å². The van der Waals surface area contributed by atoms with Gasteiger partial charge in [0.2, 0.25) is 5.88 Å². The van der Waals surface area contributed by atoms with Crippen LogP contribution in [-0.2, 0) is 7.05 Å². The topological polar surface area (TPSA) is 27.1 Å². The third kappa shape index (κ3) is 2.17. The van der Waals surface area contributed by atoms with Crippen LogP contribution < -0.4 is 4.74 Å². The van der Waals surface area contributed by atoms with Crippen LogP contribution in [0, 0.1) is 6.20 Å². The van der Waals surface area contributed by atoms with Crippen molar-refractivity contribution in [3.63, 3.8) is 0 Å². The van der Waals surface area contributed by atoms with Gasteiger partial charge in [0.25, 0.3) is 0 Å². The fourth-order valence-corrected chi connectivity index (χ4v) is 0.997. The fourth-order valence-electron chi connectivity index (χ4n) is 0.997. The molecule has 0 saturated carbocycles. The third-order valence-electron chi connectivity index (χ3n) is 1.62. The van der Waals surface area contributed by atoms with E-state index in [2.05, 4.69) is 16.0 Å². The molecule has 0 N–H and O–H groups in total. The highest BCUT2D eigenvalue weighted by Crippen LogP contribution is 2.25. The normalized spacial score (nSPS) is 11.3. The summed E-state index contributed by atoms with van der Waals surface area (Å²) in [7, 11) is 1.54. The van der Waals surface area contributed by atoms with Crippen LogP contribution >= 0.6 is 0 Å². The predicted molar refractivity (Wildman–Crippen MR) is 42.8 cm³/mol. The van der Waals surface area contributed by atoms with E-state index in [-0.39, 0.29) is 11.8 Å². The van der Waals surface area contributed by atoms with Crippen LogP contribution in [0.5, 0.6) is 5.88 Å². The summed E-state index contributed by atoms with van der Waals surface area (Å²) >= 11 is 0. The second-order valence-electron chi connectivity index (χ2n) is 2.99. The van der Waals surface area contributed by atoms with Crippen LogP contribution in [-0.4, -0.2) is 16.4 Å². The number of rotatable bonds is 3. The summed E-state index contributed by atoms with van der Waals surface area (Å²) in [5, 5.41) is 3.72. The number of alkyl halides is 2. The standard InChI is InChI=1S/C8H11F2N2O/c1-5(2)6-4-11-12(3)7(6)13-8(9)10/h5,8H,1-3H3.